The maximum atomic E-state index is 13.6. The minimum Gasteiger partial charge on any atom is -0.453 e. The molecule has 0 spiro atoms. The van der Waals surface area contributed by atoms with Crippen LogP contribution in [0.5, 0.6) is 0 Å². The lowest BCUT2D eigenvalue weighted by Crippen LogP contribution is -2.64. The number of alkyl halides is 2. The number of ether oxygens (including phenoxy) is 2. The molecule has 5 aliphatic carbocycles. The van der Waals surface area contributed by atoms with Crippen LogP contribution in [0.2, 0.25) is 0 Å². The molecule has 0 aromatic rings. The van der Waals surface area contributed by atoms with Crippen molar-refractivity contribution < 1.29 is 41.1 Å². The van der Waals surface area contributed by atoms with Crippen molar-refractivity contribution in [1.29, 1.82) is 0 Å². The topological polar surface area (TPSA) is 110 Å². The average Bonchev–Trinajstić information content (AvgIpc) is 3.06. The predicted molar refractivity (Wildman–Crippen MR) is 101 cm³/mol. The summed E-state index contributed by atoms with van der Waals surface area (Å²) in [5, 5.41) is 6.82. The first-order valence-electron chi connectivity index (χ1n) is 10.7. The lowest BCUT2D eigenvalue weighted by molar-refractivity contribution is -0.245. The molecular weight excluding hydrogens is 422 g/mol. The maximum absolute atomic E-state index is 13.6. The van der Waals surface area contributed by atoms with Crippen LogP contribution in [0, 0.1) is 17.3 Å². The number of carbonyl (C=O) groups is 1. The summed E-state index contributed by atoms with van der Waals surface area (Å²) < 4.78 is 68.1. The lowest BCUT2D eigenvalue weighted by Gasteiger charge is -2.65. The Morgan fingerprint density at radius 1 is 1.17 bits per heavy atom. The highest BCUT2D eigenvalue weighted by Crippen LogP contribution is 2.68. The Hall–Kier alpha value is -0.840. The van der Waals surface area contributed by atoms with Gasteiger partial charge in [-0.3, -0.25) is 4.55 Å². The van der Waals surface area contributed by atoms with Gasteiger partial charge in [-0.05, 0) is 70.1 Å². The molecule has 0 saturated heterocycles. The second-order valence-electron chi connectivity index (χ2n) is 10.1. The van der Waals surface area contributed by atoms with Crippen LogP contribution in [0.25, 0.3) is 0 Å². The van der Waals surface area contributed by atoms with E-state index in [0.29, 0.717) is 25.2 Å². The summed E-state index contributed by atoms with van der Waals surface area (Å²) in [5.41, 5.74) is -1.51. The quantitative estimate of drug-likeness (QED) is 0.451. The van der Waals surface area contributed by atoms with Gasteiger partial charge in [-0.2, -0.15) is 17.2 Å². The lowest BCUT2D eigenvalue weighted by atomic mass is 9.43. The van der Waals surface area contributed by atoms with E-state index >= 15 is 0 Å². The van der Waals surface area contributed by atoms with Crippen molar-refractivity contribution in [1.82, 2.24) is 0 Å². The molecule has 4 bridgehead atoms. The first kappa shape index (κ1) is 22.4. The molecule has 30 heavy (non-hydrogen) atoms. The van der Waals surface area contributed by atoms with E-state index in [0.717, 1.165) is 57.8 Å². The Morgan fingerprint density at radius 2 is 1.73 bits per heavy atom. The molecule has 10 heteroatoms. The number of halogens is 2. The second kappa shape index (κ2) is 7.08. The van der Waals surface area contributed by atoms with Gasteiger partial charge in [0.05, 0.1) is 11.2 Å². The Morgan fingerprint density at radius 3 is 2.27 bits per heavy atom. The van der Waals surface area contributed by atoms with Crippen molar-refractivity contribution in [2.24, 2.45) is 17.3 Å². The van der Waals surface area contributed by atoms with Gasteiger partial charge in [0.25, 0.3) is 0 Å². The van der Waals surface area contributed by atoms with Gasteiger partial charge < -0.3 is 14.6 Å². The molecule has 0 amide bonds. The van der Waals surface area contributed by atoms with E-state index in [4.69, 9.17) is 9.29 Å². The van der Waals surface area contributed by atoms with Crippen LogP contribution in [0.3, 0.4) is 0 Å². The molecule has 5 aliphatic rings. The molecule has 0 aliphatic heterocycles. The molecule has 0 aromatic carbocycles. The summed E-state index contributed by atoms with van der Waals surface area (Å²) in [6.45, 7) is 0.140. The first-order valence-corrected chi connectivity index (χ1v) is 12.1. The highest BCUT2D eigenvalue weighted by Gasteiger charge is 2.65. The van der Waals surface area contributed by atoms with E-state index in [9.17, 15) is 27.1 Å². The number of hydrogen-bond donors (Lipinski definition) is 2. The molecule has 5 saturated carbocycles. The third kappa shape index (κ3) is 3.57. The molecule has 0 radical (unpaired) electrons. The fourth-order valence-corrected chi connectivity index (χ4v) is 7.57. The van der Waals surface area contributed by atoms with Crippen LogP contribution in [0.4, 0.5) is 8.78 Å². The smallest absolute Gasteiger partial charge is 0.405 e. The Labute approximate surface area is 175 Å². The van der Waals surface area contributed by atoms with Gasteiger partial charge in [-0.1, -0.05) is 12.8 Å². The zero-order valence-corrected chi connectivity index (χ0v) is 17.9. The van der Waals surface area contributed by atoms with Crippen LogP contribution in [-0.2, 0) is 24.4 Å². The zero-order valence-electron chi connectivity index (χ0n) is 17.1. The van der Waals surface area contributed by atoms with Gasteiger partial charge >= 0.3 is 21.3 Å². The van der Waals surface area contributed by atoms with Crippen molar-refractivity contribution in [3.05, 3.63) is 0 Å². The summed E-state index contributed by atoms with van der Waals surface area (Å²) >= 11 is 0. The maximum Gasteiger partial charge on any atom is 0.405 e. The minimum absolute atomic E-state index is 0.219. The Kier molecular flexibility index (Phi) is 5.28. The van der Waals surface area contributed by atoms with Crippen LogP contribution in [0.15, 0.2) is 0 Å². The summed E-state index contributed by atoms with van der Waals surface area (Å²) in [6.07, 6.45) is 6.45. The zero-order chi connectivity index (χ0) is 22.0. The van der Waals surface area contributed by atoms with Crippen molar-refractivity contribution in [3.63, 3.8) is 0 Å². The van der Waals surface area contributed by atoms with E-state index in [-0.39, 0.29) is 5.41 Å². The average molecular weight is 453 g/mol. The first-order chi connectivity index (χ1) is 13.8. The van der Waals surface area contributed by atoms with Crippen molar-refractivity contribution in [2.75, 3.05) is 6.61 Å². The van der Waals surface area contributed by atoms with E-state index in [1.54, 1.807) is 0 Å². The fourth-order valence-electron chi connectivity index (χ4n) is 7.10. The second-order valence-corrected chi connectivity index (χ2v) is 11.6. The minimum atomic E-state index is -5.70. The van der Waals surface area contributed by atoms with Crippen molar-refractivity contribution >= 4 is 16.1 Å². The number of esters is 1. The standard InChI is InChI=1S/C20H30F2O7S/c1-13(20(21,22)30(25,26)27)29-16(23)11-28-18-9-14-6-15(10-18)8-17(7-14,12-18)19(24)4-2-3-5-19/h13-15,24H,2-12H2,1H3,(H,25,26,27). The molecule has 5 fully saturated rings. The summed E-state index contributed by atoms with van der Waals surface area (Å²) in [7, 11) is -5.70. The molecule has 7 nitrogen and oxygen atoms in total. The summed E-state index contributed by atoms with van der Waals surface area (Å²) in [4.78, 5) is 12.1. The van der Waals surface area contributed by atoms with Gasteiger partial charge in [0.1, 0.15) is 6.61 Å². The molecule has 3 atom stereocenters. The van der Waals surface area contributed by atoms with E-state index in [1.165, 1.54) is 0 Å². The number of rotatable bonds is 7. The molecule has 3 unspecified atom stereocenters. The van der Waals surface area contributed by atoms with E-state index in [2.05, 4.69) is 4.74 Å². The molecule has 172 valence electrons. The highest BCUT2D eigenvalue weighted by molar-refractivity contribution is 7.86. The van der Waals surface area contributed by atoms with Crippen molar-refractivity contribution in [2.45, 2.75) is 93.7 Å². The predicted octanol–water partition coefficient (Wildman–Crippen LogP) is 3.06. The number of hydrogen-bond acceptors (Lipinski definition) is 6. The van der Waals surface area contributed by atoms with Gasteiger partial charge in [-0.15, -0.1) is 0 Å². The third-order valence-electron chi connectivity index (χ3n) is 8.05. The molecule has 5 rings (SSSR count). The van der Waals surface area contributed by atoms with Crippen LogP contribution in [-0.4, -0.2) is 53.2 Å². The third-order valence-corrected chi connectivity index (χ3v) is 9.07. The Bertz CT molecular complexity index is 792. The van der Waals surface area contributed by atoms with Gasteiger partial charge in [0.15, 0.2) is 6.10 Å². The molecule has 0 aromatic heterocycles. The molecule has 0 heterocycles. The number of aliphatic hydroxyl groups is 1. The summed E-state index contributed by atoms with van der Waals surface area (Å²) in [5.74, 6) is -0.278. The van der Waals surface area contributed by atoms with Crippen LogP contribution < -0.4 is 0 Å². The normalized spacial score (nSPS) is 38.6. The largest absolute Gasteiger partial charge is 0.453 e. The van der Waals surface area contributed by atoms with Crippen LogP contribution >= 0.6 is 0 Å². The molecular formula is C20H30F2O7S. The SMILES string of the molecule is CC(OC(=O)COC12CC3CC(C1)CC(C1(O)CCCC1)(C3)C2)C(F)(F)S(=O)(=O)O. The van der Waals surface area contributed by atoms with Gasteiger partial charge in [-0.25, -0.2) is 4.79 Å². The van der Waals surface area contributed by atoms with Crippen LogP contribution in [0.1, 0.15) is 71.1 Å². The summed E-state index contributed by atoms with van der Waals surface area (Å²) in [6, 6.07) is 0. The van der Waals surface area contributed by atoms with Crippen molar-refractivity contribution in [3.8, 4) is 0 Å². The van der Waals surface area contributed by atoms with Gasteiger partial charge in [0, 0.05) is 5.41 Å². The number of carbonyl (C=O) groups excluding carboxylic acids is 1. The van der Waals surface area contributed by atoms with E-state index in [1.807, 2.05) is 0 Å². The molecule has 2 N–H and O–H groups in total. The monoisotopic (exact) mass is 452 g/mol. The highest BCUT2D eigenvalue weighted by atomic mass is 32.2. The van der Waals surface area contributed by atoms with Gasteiger partial charge in [0.2, 0.25) is 0 Å². The fraction of sp³-hybridized carbons (Fsp3) is 0.950. The Balaban J connectivity index is 1.43. The van der Waals surface area contributed by atoms with E-state index < -0.39 is 45.3 Å².